The lowest BCUT2D eigenvalue weighted by Crippen LogP contribution is -2.47. The van der Waals surface area contributed by atoms with Crippen molar-refractivity contribution in [2.75, 3.05) is 31.1 Å². The van der Waals surface area contributed by atoms with Crippen LogP contribution in [0.5, 0.6) is 5.88 Å². The quantitative estimate of drug-likeness (QED) is 0.488. The standard InChI is InChI=1S/C22H21ClFN5OS/c1-14-25-22-29(26-14)21(30)20(31-22)19(17-4-2-3-5-18(17)23)28-12-10-27(11-13-28)16-8-6-15(24)7-9-16/h2-9,19,30H,10-13H2,1H3/t19-/m0/s1. The lowest BCUT2D eigenvalue weighted by Gasteiger charge is -2.40. The zero-order chi connectivity index (χ0) is 21.5. The van der Waals surface area contributed by atoms with Gasteiger partial charge in [-0.2, -0.15) is 4.52 Å². The van der Waals surface area contributed by atoms with Crippen molar-refractivity contribution >= 4 is 33.6 Å². The van der Waals surface area contributed by atoms with Gasteiger partial charge in [0.2, 0.25) is 10.8 Å². The Bertz CT molecular complexity index is 1220. The summed E-state index contributed by atoms with van der Waals surface area (Å²) in [4.78, 5) is 10.4. The lowest BCUT2D eigenvalue weighted by molar-refractivity contribution is 0.211. The Kier molecular flexibility index (Phi) is 5.29. The maximum absolute atomic E-state index is 13.3. The molecule has 0 saturated carbocycles. The van der Waals surface area contributed by atoms with Crippen molar-refractivity contribution in [3.05, 3.63) is 75.6 Å². The average Bonchev–Trinajstić information content (AvgIpc) is 3.28. The Morgan fingerprint density at radius 2 is 1.77 bits per heavy atom. The van der Waals surface area contributed by atoms with Crippen molar-refractivity contribution in [1.29, 1.82) is 0 Å². The normalized spacial score (nSPS) is 16.2. The number of anilines is 1. The van der Waals surface area contributed by atoms with Gasteiger partial charge >= 0.3 is 0 Å². The van der Waals surface area contributed by atoms with E-state index in [1.165, 1.54) is 28.0 Å². The van der Waals surface area contributed by atoms with Crippen LogP contribution in [0.25, 0.3) is 4.96 Å². The molecule has 1 aliphatic heterocycles. The minimum atomic E-state index is -0.233. The summed E-state index contributed by atoms with van der Waals surface area (Å²) in [7, 11) is 0. The lowest BCUT2D eigenvalue weighted by atomic mass is 10.0. The van der Waals surface area contributed by atoms with Gasteiger partial charge in [-0.05, 0) is 42.8 Å². The van der Waals surface area contributed by atoms with Gasteiger partial charge in [0.05, 0.1) is 10.9 Å². The second-order valence-corrected chi connectivity index (χ2v) is 8.98. The molecular formula is C22H21ClFN5OS. The van der Waals surface area contributed by atoms with Gasteiger partial charge in [0.1, 0.15) is 11.6 Å². The highest BCUT2D eigenvalue weighted by molar-refractivity contribution is 7.17. The van der Waals surface area contributed by atoms with Crippen LogP contribution in [0.3, 0.4) is 0 Å². The van der Waals surface area contributed by atoms with E-state index in [9.17, 15) is 9.50 Å². The number of aromatic hydroxyl groups is 1. The van der Waals surface area contributed by atoms with Gasteiger partial charge in [0.15, 0.2) is 0 Å². The topological polar surface area (TPSA) is 56.9 Å². The Morgan fingerprint density at radius 3 is 2.45 bits per heavy atom. The van der Waals surface area contributed by atoms with Crippen molar-refractivity contribution in [2.45, 2.75) is 13.0 Å². The van der Waals surface area contributed by atoms with E-state index in [4.69, 9.17) is 11.6 Å². The highest BCUT2D eigenvalue weighted by Gasteiger charge is 2.32. The highest BCUT2D eigenvalue weighted by Crippen LogP contribution is 2.42. The van der Waals surface area contributed by atoms with E-state index in [-0.39, 0.29) is 17.7 Å². The van der Waals surface area contributed by atoms with E-state index in [2.05, 4.69) is 19.9 Å². The molecule has 0 unspecified atom stereocenters. The summed E-state index contributed by atoms with van der Waals surface area (Å²) in [5.74, 6) is 0.491. The second kappa shape index (κ2) is 8.11. The Morgan fingerprint density at radius 1 is 1.06 bits per heavy atom. The van der Waals surface area contributed by atoms with Crippen LogP contribution in [0.4, 0.5) is 10.1 Å². The molecule has 4 aromatic rings. The summed E-state index contributed by atoms with van der Waals surface area (Å²) in [5, 5.41) is 15.9. The molecule has 1 aliphatic rings. The van der Waals surface area contributed by atoms with E-state index < -0.39 is 0 Å². The molecule has 0 bridgehead atoms. The fourth-order valence-corrected chi connectivity index (χ4v) is 5.51. The number of aryl methyl sites for hydroxylation is 1. The van der Waals surface area contributed by atoms with Crippen molar-refractivity contribution in [2.24, 2.45) is 0 Å². The number of piperazine rings is 1. The molecule has 0 amide bonds. The minimum Gasteiger partial charge on any atom is -0.492 e. The third kappa shape index (κ3) is 3.75. The summed E-state index contributed by atoms with van der Waals surface area (Å²) in [5.41, 5.74) is 1.95. The van der Waals surface area contributed by atoms with Gasteiger partial charge in [-0.15, -0.1) is 5.10 Å². The summed E-state index contributed by atoms with van der Waals surface area (Å²) in [6, 6.07) is 14.1. The van der Waals surface area contributed by atoms with Crippen molar-refractivity contribution in [3.8, 4) is 5.88 Å². The first kappa shape index (κ1) is 20.2. The number of hydrogen-bond donors (Lipinski definition) is 1. The molecule has 2 aromatic heterocycles. The largest absolute Gasteiger partial charge is 0.492 e. The zero-order valence-electron chi connectivity index (χ0n) is 16.9. The monoisotopic (exact) mass is 457 g/mol. The molecule has 0 aliphatic carbocycles. The molecule has 0 spiro atoms. The smallest absolute Gasteiger partial charge is 0.230 e. The second-order valence-electron chi connectivity index (χ2n) is 7.57. The van der Waals surface area contributed by atoms with Crippen molar-refractivity contribution in [3.63, 3.8) is 0 Å². The van der Waals surface area contributed by atoms with Crippen LogP contribution in [0.15, 0.2) is 48.5 Å². The van der Waals surface area contributed by atoms with Gasteiger partial charge in [0, 0.05) is 36.9 Å². The predicted octanol–water partition coefficient (Wildman–Crippen LogP) is 4.51. The third-order valence-corrected chi connectivity index (χ3v) is 7.04. The molecular weight excluding hydrogens is 437 g/mol. The molecule has 160 valence electrons. The number of hydrogen-bond acceptors (Lipinski definition) is 6. The average molecular weight is 458 g/mol. The van der Waals surface area contributed by atoms with Crippen LogP contribution in [0, 0.1) is 12.7 Å². The van der Waals surface area contributed by atoms with E-state index in [1.54, 1.807) is 6.92 Å². The SMILES string of the molecule is Cc1nc2sc([C@H](c3ccccc3Cl)N3CCN(c4ccc(F)cc4)CC3)c(O)n2n1. The van der Waals surface area contributed by atoms with E-state index in [0.717, 1.165) is 42.3 Å². The maximum atomic E-state index is 13.3. The van der Waals surface area contributed by atoms with Gasteiger partial charge < -0.3 is 10.0 Å². The summed E-state index contributed by atoms with van der Waals surface area (Å²) >= 11 is 8.02. The van der Waals surface area contributed by atoms with Crippen molar-refractivity contribution in [1.82, 2.24) is 19.5 Å². The molecule has 0 radical (unpaired) electrons. The van der Waals surface area contributed by atoms with Crippen LogP contribution in [-0.4, -0.2) is 50.8 Å². The minimum absolute atomic E-state index is 0.103. The number of rotatable bonds is 4. The van der Waals surface area contributed by atoms with E-state index >= 15 is 0 Å². The third-order valence-electron chi connectivity index (χ3n) is 5.62. The number of halogens is 2. The molecule has 6 nitrogen and oxygen atoms in total. The first-order valence-electron chi connectivity index (χ1n) is 10.1. The van der Waals surface area contributed by atoms with E-state index in [1.807, 2.05) is 36.4 Å². The Balaban J connectivity index is 1.48. The molecule has 31 heavy (non-hydrogen) atoms. The highest BCUT2D eigenvalue weighted by atomic mass is 35.5. The first-order chi connectivity index (χ1) is 15.0. The molecule has 1 saturated heterocycles. The maximum Gasteiger partial charge on any atom is 0.230 e. The predicted molar refractivity (Wildman–Crippen MR) is 121 cm³/mol. The van der Waals surface area contributed by atoms with Gasteiger partial charge in [-0.1, -0.05) is 41.1 Å². The van der Waals surface area contributed by atoms with Gasteiger partial charge in [0.25, 0.3) is 0 Å². The Hall–Kier alpha value is -2.68. The van der Waals surface area contributed by atoms with Gasteiger partial charge in [-0.3, -0.25) is 4.90 Å². The number of aromatic nitrogens is 3. The van der Waals surface area contributed by atoms with E-state index in [0.29, 0.717) is 15.8 Å². The van der Waals surface area contributed by atoms with Crippen LogP contribution < -0.4 is 4.90 Å². The van der Waals surface area contributed by atoms with Crippen molar-refractivity contribution < 1.29 is 9.50 Å². The van der Waals surface area contributed by atoms with Crippen LogP contribution in [0.2, 0.25) is 5.02 Å². The summed E-state index contributed by atoms with van der Waals surface area (Å²) in [6.07, 6.45) is 0. The molecule has 5 rings (SSSR count). The molecule has 1 fully saturated rings. The molecule has 1 N–H and O–H groups in total. The van der Waals surface area contributed by atoms with Crippen LogP contribution in [0.1, 0.15) is 22.3 Å². The number of fused-ring (bicyclic) bond motifs is 1. The molecule has 3 heterocycles. The van der Waals surface area contributed by atoms with Crippen LogP contribution in [-0.2, 0) is 0 Å². The molecule has 9 heteroatoms. The fourth-order valence-electron chi connectivity index (χ4n) is 4.12. The first-order valence-corrected chi connectivity index (χ1v) is 11.2. The Labute approximate surface area is 188 Å². The summed E-state index contributed by atoms with van der Waals surface area (Å²) in [6.45, 7) is 4.90. The number of benzene rings is 2. The number of nitrogens with zero attached hydrogens (tertiary/aromatic N) is 5. The zero-order valence-corrected chi connectivity index (χ0v) is 18.4. The summed E-state index contributed by atoms with van der Waals surface area (Å²) < 4.78 is 14.8. The van der Waals surface area contributed by atoms with Crippen LogP contribution >= 0.6 is 22.9 Å². The molecule has 1 atom stereocenters. The van der Waals surface area contributed by atoms with Gasteiger partial charge in [-0.25, -0.2) is 9.37 Å². The number of thiazole rings is 1. The fraction of sp³-hybridized carbons (Fsp3) is 0.273. The molecule has 2 aromatic carbocycles.